The first-order chi connectivity index (χ1) is 12.6. The smallest absolute Gasteiger partial charge is 0.254 e. The Morgan fingerprint density at radius 3 is 2.26 bits per heavy atom. The number of carbonyl (C=O) groups is 2. The van der Waals surface area contributed by atoms with Crippen molar-refractivity contribution in [1.29, 1.82) is 0 Å². The van der Waals surface area contributed by atoms with E-state index in [-0.39, 0.29) is 24.2 Å². The Labute approximate surface area is 165 Å². The van der Waals surface area contributed by atoms with Gasteiger partial charge in [-0.2, -0.15) is 0 Å². The van der Waals surface area contributed by atoms with Gasteiger partial charge >= 0.3 is 0 Å². The molecule has 0 bridgehead atoms. The van der Waals surface area contributed by atoms with Gasteiger partial charge in [-0.1, -0.05) is 18.2 Å². The number of carbonyl (C=O) groups excluding carboxylic acids is 2. The van der Waals surface area contributed by atoms with Gasteiger partial charge in [-0.3, -0.25) is 9.59 Å². The molecule has 3 rings (SSSR count). The summed E-state index contributed by atoms with van der Waals surface area (Å²) in [6.45, 7) is 2.15. The largest absolute Gasteiger partial charge is 0.497 e. The number of rotatable bonds is 4. The van der Waals surface area contributed by atoms with E-state index in [1.54, 1.807) is 42.3 Å². The SMILES string of the molecule is COc1cccc(C(=O)N2CCN(C(=O)Cc3ccc(N)cc3)CC2)c1.Cl. The van der Waals surface area contributed by atoms with Gasteiger partial charge in [0.2, 0.25) is 5.91 Å². The minimum atomic E-state index is -0.0328. The second-order valence-electron chi connectivity index (χ2n) is 6.32. The molecular formula is C20H24ClN3O3. The number of amides is 2. The lowest BCUT2D eigenvalue weighted by Gasteiger charge is -2.35. The molecule has 1 aliphatic heterocycles. The van der Waals surface area contributed by atoms with Crippen molar-refractivity contribution in [2.24, 2.45) is 0 Å². The van der Waals surface area contributed by atoms with Crippen LogP contribution in [0.2, 0.25) is 0 Å². The zero-order valence-corrected chi connectivity index (χ0v) is 16.1. The van der Waals surface area contributed by atoms with Gasteiger partial charge in [0.05, 0.1) is 13.5 Å². The van der Waals surface area contributed by atoms with Crippen molar-refractivity contribution in [2.75, 3.05) is 39.0 Å². The lowest BCUT2D eigenvalue weighted by atomic mass is 10.1. The number of halogens is 1. The van der Waals surface area contributed by atoms with E-state index in [2.05, 4.69) is 0 Å². The summed E-state index contributed by atoms with van der Waals surface area (Å²) in [6, 6.07) is 14.5. The van der Waals surface area contributed by atoms with Crippen molar-refractivity contribution in [3.63, 3.8) is 0 Å². The van der Waals surface area contributed by atoms with E-state index >= 15 is 0 Å². The summed E-state index contributed by atoms with van der Waals surface area (Å²) in [5.41, 5.74) is 7.90. The third kappa shape index (κ3) is 5.14. The predicted octanol–water partition coefficient (Wildman–Crippen LogP) is 2.23. The van der Waals surface area contributed by atoms with Crippen LogP contribution in [0.25, 0.3) is 0 Å². The number of nitrogen functional groups attached to an aromatic ring is 1. The van der Waals surface area contributed by atoms with Crippen LogP contribution in [0.15, 0.2) is 48.5 Å². The van der Waals surface area contributed by atoms with Gasteiger partial charge in [0.15, 0.2) is 0 Å². The second-order valence-corrected chi connectivity index (χ2v) is 6.32. The predicted molar refractivity (Wildman–Crippen MR) is 107 cm³/mol. The fraction of sp³-hybridized carbons (Fsp3) is 0.300. The van der Waals surface area contributed by atoms with Crippen LogP contribution in [0.5, 0.6) is 5.75 Å². The highest BCUT2D eigenvalue weighted by atomic mass is 35.5. The van der Waals surface area contributed by atoms with Gasteiger partial charge in [0.25, 0.3) is 5.91 Å². The maximum absolute atomic E-state index is 12.6. The summed E-state index contributed by atoms with van der Waals surface area (Å²) in [6.07, 6.45) is 0.351. The normalized spacial score (nSPS) is 13.7. The van der Waals surface area contributed by atoms with Crippen molar-refractivity contribution in [3.05, 3.63) is 59.7 Å². The second kappa shape index (κ2) is 9.28. The lowest BCUT2D eigenvalue weighted by Crippen LogP contribution is -2.51. The van der Waals surface area contributed by atoms with Gasteiger partial charge in [-0.15, -0.1) is 12.4 Å². The van der Waals surface area contributed by atoms with Gasteiger partial charge < -0.3 is 20.3 Å². The number of piperazine rings is 1. The van der Waals surface area contributed by atoms with Crippen molar-refractivity contribution < 1.29 is 14.3 Å². The van der Waals surface area contributed by atoms with Gasteiger partial charge in [0, 0.05) is 37.4 Å². The van der Waals surface area contributed by atoms with Crippen LogP contribution in [0.3, 0.4) is 0 Å². The van der Waals surface area contributed by atoms with Crippen LogP contribution < -0.4 is 10.5 Å². The number of methoxy groups -OCH3 is 1. The molecule has 1 aliphatic rings. The number of benzene rings is 2. The molecule has 1 heterocycles. The van der Waals surface area contributed by atoms with E-state index in [0.717, 1.165) is 5.56 Å². The first-order valence-electron chi connectivity index (χ1n) is 8.62. The minimum Gasteiger partial charge on any atom is -0.497 e. The maximum atomic E-state index is 12.6. The van der Waals surface area contributed by atoms with Crippen LogP contribution >= 0.6 is 12.4 Å². The first-order valence-corrected chi connectivity index (χ1v) is 8.62. The fourth-order valence-electron chi connectivity index (χ4n) is 3.02. The molecule has 0 unspecified atom stereocenters. The van der Waals surface area contributed by atoms with Crippen molar-refractivity contribution >= 4 is 29.9 Å². The van der Waals surface area contributed by atoms with Crippen LogP contribution in [0.1, 0.15) is 15.9 Å². The quantitative estimate of drug-likeness (QED) is 0.813. The van der Waals surface area contributed by atoms with Crippen molar-refractivity contribution in [3.8, 4) is 5.75 Å². The Morgan fingerprint density at radius 1 is 1.00 bits per heavy atom. The molecule has 6 nitrogen and oxygen atoms in total. The summed E-state index contributed by atoms with van der Waals surface area (Å²) in [4.78, 5) is 28.7. The Bertz CT molecular complexity index is 787. The number of nitrogens with zero attached hydrogens (tertiary/aromatic N) is 2. The molecule has 2 aromatic rings. The Hall–Kier alpha value is -2.73. The molecule has 0 saturated carbocycles. The molecular weight excluding hydrogens is 366 g/mol. The standard InChI is InChI=1S/C20H23N3O3.ClH/c1-26-18-4-2-3-16(14-18)20(25)23-11-9-22(10-12-23)19(24)13-15-5-7-17(21)8-6-15;/h2-8,14H,9-13,21H2,1H3;1H. The molecule has 0 atom stereocenters. The molecule has 144 valence electrons. The summed E-state index contributed by atoms with van der Waals surface area (Å²) in [7, 11) is 1.58. The first kappa shape index (κ1) is 20.6. The average molecular weight is 390 g/mol. The molecule has 2 N–H and O–H groups in total. The third-order valence-corrected chi connectivity index (χ3v) is 4.57. The van der Waals surface area contributed by atoms with Crippen molar-refractivity contribution in [1.82, 2.24) is 9.80 Å². The molecule has 1 fully saturated rings. The molecule has 0 aromatic heterocycles. The number of anilines is 1. The van der Waals surface area contributed by atoms with Gasteiger partial charge in [-0.05, 0) is 35.9 Å². The zero-order valence-electron chi connectivity index (χ0n) is 15.3. The van der Waals surface area contributed by atoms with Crippen LogP contribution in [-0.4, -0.2) is 54.9 Å². The zero-order chi connectivity index (χ0) is 18.5. The van der Waals surface area contributed by atoms with E-state index in [1.165, 1.54) is 0 Å². The summed E-state index contributed by atoms with van der Waals surface area (Å²) < 4.78 is 5.17. The highest BCUT2D eigenvalue weighted by Gasteiger charge is 2.25. The summed E-state index contributed by atoms with van der Waals surface area (Å²) in [5, 5.41) is 0. The topological polar surface area (TPSA) is 75.9 Å². The van der Waals surface area contributed by atoms with Gasteiger partial charge in [0.1, 0.15) is 5.75 Å². The summed E-state index contributed by atoms with van der Waals surface area (Å²) >= 11 is 0. The minimum absolute atomic E-state index is 0. The molecule has 0 radical (unpaired) electrons. The highest BCUT2D eigenvalue weighted by Crippen LogP contribution is 2.16. The number of nitrogens with two attached hydrogens (primary N) is 1. The molecule has 0 spiro atoms. The fourth-order valence-corrected chi connectivity index (χ4v) is 3.02. The van der Waals surface area contributed by atoms with E-state index in [9.17, 15) is 9.59 Å². The molecule has 0 aliphatic carbocycles. The summed E-state index contributed by atoms with van der Waals surface area (Å²) in [5.74, 6) is 0.700. The maximum Gasteiger partial charge on any atom is 0.254 e. The Kier molecular flexibility index (Phi) is 7.07. The molecule has 7 heteroatoms. The average Bonchev–Trinajstić information content (AvgIpc) is 2.69. The van der Waals surface area contributed by atoms with E-state index in [4.69, 9.17) is 10.5 Å². The van der Waals surface area contributed by atoms with Crippen LogP contribution in [-0.2, 0) is 11.2 Å². The van der Waals surface area contributed by atoms with Crippen molar-refractivity contribution in [2.45, 2.75) is 6.42 Å². The number of hydrogen-bond acceptors (Lipinski definition) is 4. The highest BCUT2D eigenvalue weighted by molar-refractivity contribution is 5.94. The third-order valence-electron chi connectivity index (χ3n) is 4.57. The van der Waals surface area contributed by atoms with E-state index in [1.807, 2.05) is 23.1 Å². The van der Waals surface area contributed by atoms with Gasteiger partial charge in [-0.25, -0.2) is 0 Å². The Morgan fingerprint density at radius 2 is 1.63 bits per heavy atom. The van der Waals surface area contributed by atoms with E-state index in [0.29, 0.717) is 49.6 Å². The molecule has 2 aromatic carbocycles. The molecule has 1 saturated heterocycles. The van der Waals surface area contributed by atoms with Crippen LogP contribution in [0.4, 0.5) is 5.69 Å². The molecule has 27 heavy (non-hydrogen) atoms. The number of ether oxygens (including phenoxy) is 1. The lowest BCUT2D eigenvalue weighted by molar-refractivity contribution is -0.131. The number of hydrogen-bond donors (Lipinski definition) is 1. The monoisotopic (exact) mass is 389 g/mol. The van der Waals surface area contributed by atoms with E-state index < -0.39 is 0 Å². The Balaban J connectivity index is 0.00000261. The molecule has 2 amide bonds. The van der Waals surface area contributed by atoms with Crippen LogP contribution in [0, 0.1) is 0 Å².